The SMILES string of the molecule is N#CC1=C(SCC(=O)Nc2ccc(Br)cc2C(F)(F)F)NC(=O)C[C@H]1c1cccs1. The van der Waals surface area contributed by atoms with Crippen molar-refractivity contribution in [3.05, 3.63) is 61.2 Å². The average Bonchev–Trinajstić information content (AvgIpc) is 3.21. The molecule has 0 saturated carbocycles. The minimum atomic E-state index is -4.64. The van der Waals surface area contributed by atoms with E-state index in [4.69, 9.17) is 0 Å². The van der Waals surface area contributed by atoms with Crippen LogP contribution in [-0.4, -0.2) is 17.6 Å². The maximum absolute atomic E-state index is 13.2. The zero-order chi connectivity index (χ0) is 21.9. The third-order valence-electron chi connectivity index (χ3n) is 4.15. The summed E-state index contributed by atoms with van der Waals surface area (Å²) in [5, 5.41) is 16.5. The highest BCUT2D eigenvalue weighted by Gasteiger charge is 2.34. The van der Waals surface area contributed by atoms with Crippen LogP contribution in [-0.2, 0) is 15.8 Å². The van der Waals surface area contributed by atoms with Gasteiger partial charge in [-0.2, -0.15) is 18.4 Å². The summed E-state index contributed by atoms with van der Waals surface area (Å²) >= 11 is 5.31. The van der Waals surface area contributed by atoms with Crippen molar-refractivity contribution in [1.29, 1.82) is 5.26 Å². The predicted octanol–water partition coefficient (Wildman–Crippen LogP) is 5.24. The molecule has 2 N–H and O–H groups in total. The number of carbonyl (C=O) groups excluding carboxylic acids is 2. The Morgan fingerprint density at radius 1 is 1.40 bits per heavy atom. The summed E-state index contributed by atoms with van der Waals surface area (Å²) in [6.45, 7) is 0. The molecule has 2 heterocycles. The van der Waals surface area contributed by atoms with Crippen LogP contribution in [0.5, 0.6) is 0 Å². The molecule has 0 unspecified atom stereocenters. The van der Waals surface area contributed by atoms with Crippen molar-refractivity contribution in [2.45, 2.75) is 18.5 Å². The lowest BCUT2D eigenvalue weighted by Crippen LogP contribution is -2.31. The number of hydrogen-bond donors (Lipinski definition) is 2. The van der Waals surface area contributed by atoms with E-state index >= 15 is 0 Å². The van der Waals surface area contributed by atoms with Gasteiger partial charge in [-0.15, -0.1) is 11.3 Å². The lowest BCUT2D eigenvalue weighted by Gasteiger charge is -2.24. The quantitative estimate of drug-likeness (QED) is 0.570. The number of nitrogens with zero attached hydrogens (tertiary/aromatic N) is 1. The van der Waals surface area contributed by atoms with E-state index in [0.717, 1.165) is 28.8 Å². The molecule has 0 bridgehead atoms. The molecule has 0 saturated heterocycles. The van der Waals surface area contributed by atoms with Crippen LogP contribution in [0.4, 0.5) is 18.9 Å². The van der Waals surface area contributed by atoms with Crippen LogP contribution in [0.15, 0.2) is 50.8 Å². The van der Waals surface area contributed by atoms with E-state index in [0.29, 0.717) is 5.57 Å². The average molecular weight is 516 g/mol. The number of nitrogens with one attached hydrogen (secondary N) is 2. The van der Waals surface area contributed by atoms with Gasteiger partial charge in [-0.3, -0.25) is 9.59 Å². The van der Waals surface area contributed by atoms with Crippen molar-refractivity contribution in [3.8, 4) is 6.07 Å². The number of benzene rings is 1. The summed E-state index contributed by atoms with van der Waals surface area (Å²) in [6, 6.07) is 9.16. The second-order valence-electron chi connectivity index (χ2n) is 6.20. The fourth-order valence-corrected chi connectivity index (χ4v) is 4.92. The van der Waals surface area contributed by atoms with Crippen molar-refractivity contribution in [2.75, 3.05) is 11.1 Å². The van der Waals surface area contributed by atoms with E-state index in [1.54, 1.807) is 0 Å². The van der Waals surface area contributed by atoms with Gasteiger partial charge in [-0.25, -0.2) is 0 Å². The summed E-state index contributed by atoms with van der Waals surface area (Å²) in [5.41, 5.74) is -1.01. The third-order valence-corrected chi connectivity index (χ3v) is 6.65. The van der Waals surface area contributed by atoms with Crippen LogP contribution in [0.2, 0.25) is 0 Å². The lowest BCUT2D eigenvalue weighted by molar-refractivity contribution is -0.137. The molecular weight excluding hydrogens is 503 g/mol. The molecule has 5 nitrogen and oxygen atoms in total. The number of thioether (sulfide) groups is 1. The molecular formula is C19H13BrF3N3O2S2. The van der Waals surface area contributed by atoms with Crippen molar-refractivity contribution in [2.24, 2.45) is 0 Å². The number of thiophene rings is 1. The third kappa shape index (κ3) is 5.24. The highest BCUT2D eigenvalue weighted by atomic mass is 79.9. The zero-order valence-corrected chi connectivity index (χ0v) is 18.3. The van der Waals surface area contributed by atoms with Gasteiger partial charge in [0.2, 0.25) is 11.8 Å². The van der Waals surface area contributed by atoms with Gasteiger partial charge in [0, 0.05) is 21.7 Å². The minimum Gasteiger partial charge on any atom is -0.325 e. The first kappa shape index (κ1) is 22.4. The molecule has 0 aliphatic carbocycles. The number of anilines is 1. The van der Waals surface area contributed by atoms with Gasteiger partial charge in [-0.05, 0) is 29.6 Å². The first-order valence-electron chi connectivity index (χ1n) is 8.46. The van der Waals surface area contributed by atoms with E-state index in [-0.39, 0.29) is 33.3 Å². The van der Waals surface area contributed by atoms with Gasteiger partial charge >= 0.3 is 6.18 Å². The van der Waals surface area contributed by atoms with E-state index in [2.05, 4.69) is 32.6 Å². The highest BCUT2D eigenvalue weighted by molar-refractivity contribution is 9.10. The molecule has 2 aromatic rings. The van der Waals surface area contributed by atoms with Gasteiger partial charge in [0.15, 0.2) is 0 Å². The normalized spacial score (nSPS) is 16.8. The Hall–Kier alpha value is -2.29. The monoisotopic (exact) mass is 515 g/mol. The van der Waals surface area contributed by atoms with Crippen molar-refractivity contribution in [3.63, 3.8) is 0 Å². The van der Waals surface area contributed by atoms with Crippen molar-refractivity contribution >= 4 is 56.5 Å². The molecule has 156 valence electrons. The number of halogens is 4. The topological polar surface area (TPSA) is 82.0 Å². The van der Waals surface area contributed by atoms with Crippen LogP contribution in [0.3, 0.4) is 0 Å². The second-order valence-corrected chi connectivity index (χ2v) is 9.08. The zero-order valence-electron chi connectivity index (χ0n) is 15.0. The van der Waals surface area contributed by atoms with E-state index in [1.807, 2.05) is 17.5 Å². The number of alkyl halides is 3. The number of allylic oxidation sites excluding steroid dienone is 1. The Morgan fingerprint density at radius 2 is 2.17 bits per heavy atom. The number of carbonyl (C=O) groups is 2. The van der Waals surface area contributed by atoms with Crippen LogP contribution < -0.4 is 10.6 Å². The molecule has 3 rings (SSSR count). The standard InChI is InChI=1S/C19H13BrF3N3O2S2/c20-10-3-4-14(13(6-10)19(21,22)23)25-17(28)9-30-18-12(8-24)11(7-16(27)26-18)15-2-1-5-29-15/h1-6,11H,7,9H2,(H,25,28)(H,26,27)/t11-/m1/s1. The lowest BCUT2D eigenvalue weighted by atomic mass is 9.93. The van der Waals surface area contributed by atoms with Gasteiger partial charge in [0.05, 0.1) is 33.7 Å². The first-order valence-corrected chi connectivity index (χ1v) is 11.1. The van der Waals surface area contributed by atoms with Gasteiger partial charge in [0.25, 0.3) is 0 Å². The fraction of sp³-hybridized carbons (Fsp3) is 0.211. The van der Waals surface area contributed by atoms with Crippen LogP contribution in [0, 0.1) is 11.3 Å². The summed E-state index contributed by atoms with van der Waals surface area (Å²) < 4.78 is 39.8. The smallest absolute Gasteiger partial charge is 0.325 e. The molecule has 0 fully saturated rings. The molecule has 1 aliphatic rings. The maximum atomic E-state index is 13.2. The Balaban J connectivity index is 1.76. The van der Waals surface area contributed by atoms with Gasteiger partial charge < -0.3 is 10.6 Å². The number of nitriles is 1. The van der Waals surface area contributed by atoms with Crippen LogP contribution >= 0.6 is 39.0 Å². The Kier molecular flexibility index (Phi) is 6.90. The predicted molar refractivity (Wildman–Crippen MR) is 113 cm³/mol. The van der Waals surface area contributed by atoms with E-state index in [9.17, 15) is 28.0 Å². The first-order chi connectivity index (χ1) is 14.2. The summed E-state index contributed by atoms with van der Waals surface area (Å²) in [7, 11) is 0. The summed E-state index contributed by atoms with van der Waals surface area (Å²) in [4.78, 5) is 25.2. The molecule has 1 aromatic carbocycles. The molecule has 2 amide bonds. The summed E-state index contributed by atoms with van der Waals surface area (Å²) in [6.07, 6.45) is -4.52. The number of rotatable bonds is 5. The number of hydrogen-bond acceptors (Lipinski definition) is 5. The molecule has 1 atom stereocenters. The van der Waals surface area contributed by atoms with E-state index in [1.165, 1.54) is 17.4 Å². The Labute approximate surface area is 186 Å². The molecule has 0 radical (unpaired) electrons. The minimum absolute atomic E-state index is 0.119. The van der Waals surface area contributed by atoms with Crippen LogP contribution in [0.25, 0.3) is 0 Å². The Morgan fingerprint density at radius 3 is 2.80 bits per heavy atom. The summed E-state index contributed by atoms with van der Waals surface area (Å²) in [5.74, 6) is -1.66. The van der Waals surface area contributed by atoms with Crippen molar-refractivity contribution in [1.82, 2.24) is 5.32 Å². The second kappa shape index (κ2) is 9.24. The van der Waals surface area contributed by atoms with E-state index < -0.39 is 23.6 Å². The number of amides is 2. The molecule has 11 heteroatoms. The molecule has 30 heavy (non-hydrogen) atoms. The van der Waals surface area contributed by atoms with Gasteiger partial charge in [0.1, 0.15) is 0 Å². The molecule has 1 aromatic heterocycles. The van der Waals surface area contributed by atoms with Crippen LogP contribution in [0.1, 0.15) is 22.8 Å². The van der Waals surface area contributed by atoms with Gasteiger partial charge in [-0.1, -0.05) is 33.8 Å². The fourth-order valence-electron chi connectivity index (χ4n) is 2.85. The molecule has 0 spiro atoms. The maximum Gasteiger partial charge on any atom is 0.418 e. The molecule has 1 aliphatic heterocycles. The highest BCUT2D eigenvalue weighted by Crippen LogP contribution is 2.39. The Bertz CT molecular complexity index is 1050. The largest absolute Gasteiger partial charge is 0.418 e. The van der Waals surface area contributed by atoms with Crippen molar-refractivity contribution < 1.29 is 22.8 Å².